The highest BCUT2D eigenvalue weighted by molar-refractivity contribution is 5.88. The van der Waals surface area contributed by atoms with E-state index in [4.69, 9.17) is 4.74 Å². The maximum absolute atomic E-state index is 12.4. The topological polar surface area (TPSA) is 88.8 Å². The second-order valence-corrected chi connectivity index (χ2v) is 5.23. The highest BCUT2D eigenvalue weighted by Gasteiger charge is 2.21. The fraction of sp³-hybridized carbons (Fsp3) is 0.250. The van der Waals surface area contributed by atoms with Gasteiger partial charge in [-0.3, -0.25) is 4.79 Å². The number of aromatic carboxylic acids is 1. The van der Waals surface area contributed by atoms with Gasteiger partial charge in [0.05, 0.1) is 12.6 Å². The molecule has 2 N–H and O–H groups in total. The van der Waals surface area contributed by atoms with E-state index < -0.39 is 11.4 Å². The predicted octanol–water partition coefficient (Wildman–Crippen LogP) is 1.88. The summed E-state index contributed by atoms with van der Waals surface area (Å²) >= 11 is 0. The van der Waals surface area contributed by atoms with E-state index in [1.54, 1.807) is 22.9 Å². The summed E-state index contributed by atoms with van der Waals surface area (Å²) in [6.45, 7) is 1.12. The number of carboxylic acid groups (broad SMARTS) is 1. The van der Waals surface area contributed by atoms with Crippen LogP contribution in [0.25, 0.3) is 11.1 Å². The molecule has 1 aromatic heterocycles. The lowest BCUT2D eigenvalue weighted by molar-refractivity contribution is 0.0694. The van der Waals surface area contributed by atoms with Crippen LogP contribution in [-0.2, 0) is 4.74 Å². The summed E-state index contributed by atoms with van der Waals surface area (Å²) in [4.78, 5) is 23.7. The monoisotopic (exact) mass is 301 g/mol. The standard InChI is InChI=1S/C16H15NO5/c18-12-3-1-10(2-4-12)13-7-17(11-5-6-22-9-11)8-14(15(13)19)16(20)21/h1-4,7-8,11,18H,5-6,9H2,(H,20,21). The lowest BCUT2D eigenvalue weighted by atomic mass is 10.0. The zero-order chi connectivity index (χ0) is 15.7. The van der Waals surface area contributed by atoms with E-state index in [2.05, 4.69) is 0 Å². The molecule has 0 saturated carbocycles. The summed E-state index contributed by atoms with van der Waals surface area (Å²) in [5.41, 5.74) is 0.0659. The first-order chi connectivity index (χ1) is 10.6. The molecule has 1 saturated heterocycles. The largest absolute Gasteiger partial charge is 0.508 e. The number of hydrogen-bond acceptors (Lipinski definition) is 4. The van der Waals surface area contributed by atoms with Gasteiger partial charge in [0.2, 0.25) is 5.43 Å². The Bertz CT molecular complexity index is 757. The van der Waals surface area contributed by atoms with Crippen LogP contribution in [0.4, 0.5) is 0 Å². The average Bonchev–Trinajstić information content (AvgIpc) is 3.02. The molecule has 2 heterocycles. The fourth-order valence-electron chi connectivity index (χ4n) is 2.56. The summed E-state index contributed by atoms with van der Waals surface area (Å²) in [6.07, 6.45) is 3.80. The molecule has 22 heavy (non-hydrogen) atoms. The molecule has 1 atom stereocenters. The normalized spacial score (nSPS) is 17.5. The number of rotatable bonds is 3. The minimum Gasteiger partial charge on any atom is -0.508 e. The molecule has 0 amide bonds. The molecule has 6 heteroatoms. The number of phenols is 1. The minimum absolute atomic E-state index is 0.0227. The van der Waals surface area contributed by atoms with Crippen molar-refractivity contribution >= 4 is 5.97 Å². The molecule has 1 aliphatic rings. The van der Waals surface area contributed by atoms with Crippen molar-refractivity contribution in [2.24, 2.45) is 0 Å². The van der Waals surface area contributed by atoms with Crippen molar-refractivity contribution in [1.82, 2.24) is 4.57 Å². The Morgan fingerprint density at radius 3 is 2.55 bits per heavy atom. The molecule has 1 aromatic carbocycles. The molecule has 1 fully saturated rings. The number of phenolic OH excluding ortho intramolecular Hbond substituents is 1. The van der Waals surface area contributed by atoms with E-state index in [-0.39, 0.29) is 17.4 Å². The molecule has 0 radical (unpaired) electrons. The van der Waals surface area contributed by atoms with E-state index in [9.17, 15) is 19.8 Å². The first-order valence-electron chi connectivity index (χ1n) is 6.92. The van der Waals surface area contributed by atoms with Crippen LogP contribution in [0.1, 0.15) is 22.8 Å². The van der Waals surface area contributed by atoms with Gasteiger partial charge >= 0.3 is 5.97 Å². The van der Waals surface area contributed by atoms with Gasteiger partial charge in [0.15, 0.2) is 0 Å². The Hall–Kier alpha value is -2.60. The first kappa shape index (κ1) is 14.3. The van der Waals surface area contributed by atoms with E-state index in [1.165, 1.54) is 18.3 Å². The third-order valence-corrected chi connectivity index (χ3v) is 3.78. The second kappa shape index (κ2) is 5.65. The Balaban J connectivity index is 2.17. The van der Waals surface area contributed by atoms with Gasteiger partial charge in [-0.25, -0.2) is 4.79 Å². The molecule has 2 aromatic rings. The van der Waals surface area contributed by atoms with Crippen molar-refractivity contribution in [3.8, 4) is 16.9 Å². The molecule has 114 valence electrons. The second-order valence-electron chi connectivity index (χ2n) is 5.23. The lowest BCUT2D eigenvalue weighted by Gasteiger charge is -2.15. The smallest absolute Gasteiger partial charge is 0.341 e. The van der Waals surface area contributed by atoms with E-state index in [0.717, 1.165) is 6.42 Å². The van der Waals surface area contributed by atoms with Crippen LogP contribution in [0.15, 0.2) is 41.5 Å². The maximum atomic E-state index is 12.4. The van der Waals surface area contributed by atoms with Gasteiger partial charge in [-0.15, -0.1) is 0 Å². The van der Waals surface area contributed by atoms with Gasteiger partial charge in [-0.05, 0) is 24.1 Å². The van der Waals surface area contributed by atoms with Gasteiger partial charge < -0.3 is 19.5 Å². The third-order valence-electron chi connectivity index (χ3n) is 3.78. The Kier molecular flexibility index (Phi) is 3.68. The van der Waals surface area contributed by atoms with E-state index in [0.29, 0.717) is 24.3 Å². The number of carboxylic acids is 1. The van der Waals surface area contributed by atoms with Gasteiger partial charge in [-0.1, -0.05) is 12.1 Å². The van der Waals surface area contributed by atoms with Crippen LogP contribution in [0.3, 0.4) is 0 Å². The zero-order valence-electron chi connectivity index (χ0n) is 11.7. The quantitative estimate of drug-likeness (QED) is 0.903. The van der Waals surface area contributed by atoms with Gasteiger partial charge in [0, 0.05) is 24.6 Å². The van der Waals surface area contributed by atoms with Crippen molar-refractivity contribution in [3.63, 3.8) is 0 Å². The summed E-state index contributed by atoms with van der Waals surface area (Å²) < 4.78 is 7.06. The summed E-state index contributed by atoms with van der Waals surface area (Å²) in [5.74, 6) is -1.17. The van der Waals surface area contributed by atoms with Crippen molar-refractivity contribution in [1.29, 1.82) is 0 Å². The summed E-state index contributed by atoms with van der Waals surface area (Å²) in [5, 5.41) is 18.6. The van der Waals surface area contributed by atoms with Crippen LogP contribution < -0.4 is 5.43 Å². The molecule has 0 spiro atoms. The number of aromatic nitrogens is 1. The molecule has 3 rings (SSSR count). The fourth-order valence-corrected chi connectivity index (χ4v) is 2.56. The Morgan fingerprint density at radius 2 is 1.95 bits per heavy atom. The van der Waals surface area contributed by atoms with Crippen molar-refractivity contribution in [2.75, 3.05) is 13.2 Å². The van der Waals surface area contributed by atoms with E-state index >= 15 is 0 Å². The molecule has 0 bridgehead atoms. The predicted molar refractivity (Wildman–Crippen MR) is 79.2 cm³/mol. The number of hydrogen-bond donors (Lipinski definition) is 2. The Labute approximate surface area is 126 Å². The summed E-state index contributed by atoms with van der Waals surface area (Å²) in [7, 11) is 0. The van der Waals surface area contributed by atoms with Crippen molar-refractivity contribution < 1.29 is 19.7 Å². The van der Waals surface area contributed by atoms with Crippen LogP contribution in [0.2, 0.25) is 0 Å². The molecule has 1 unspecified atom stereocenters. The summed E-state index contributed by atoms with van der Waals surface area (Å²) in [6, 6.07) is 6.13. The number of aromatic hydroxyl groups is 1. The molecular weight excluding hydrogens is 286 g/mol. The van der Waals surface area contributed by atoms with Crippen LogP contribution in [0.5, 0.6) is 5.75 Å². The minimum atomic E-state index is -1.25. The van der Waals surface area contributed by atoms with Crippen molar-refractivity contribution in [3.05, 3.63) is 52.4 Å². The molecular formula is C16H15NO5. The number of benzene rings is 1. The van der Waals surface area contributed by atoms with E-state index in [1.807, 2.05) is 0 Å². The van der Waals surface area contributed by atoms with Crippen LogP contribution in [0, 0.1) is 0 Å². The van der Waals surface area contributed by atoms with Gasteiger partial charge in [0.1, 0.15) is 11.3 Å². The van der Waals surface area contributed by atoms with Crippen LogP contribution >= 0.6 is 0 Å². The van der Waals surface area contributed by atoms with Gasteiger partial charge in [-0.2, -0.15) is 0 Å². The highest BCUT2D eigenvalue weighted by Crippen LogP contribution is 2.23. The third kappa shape index (κ3) is 2.60. The number of ether oxygens (including phenoxy) is 1. The molecule has 0 aliphatic carbocycles. The molecule has 1 aliphatic heterocycles. The number of carbonyl (C=O) groups is 1. The Morgan fingerprint density at radius 1 is 1.23 bits per heavy atom. The SMILES string of the molecule is O=C(O)c1cn(C2CCOC2)cc(-c2ccc(O)cc2)c1=O. The highest BCUT2D eigenvalue weighted by atomic mass is 16.5. The maximum Gasteiger partial charge on any atom is 0.341 e. The number of nitrogens with zero attached hydrogens (tertiary/aromatic N) is 1. The average molecular weight is 301 g/mol. The number of pyridine rings is 1. The van der Waals surface area contributed by atoms with Crippen molar-refractivity contribution in [2.45, 2.75) is 12.5 Å². The van der Waals surface area contributed by atoms with Gasteiger partial charge in [0.25, 0.3) is 0 Å². The first-order valence-corrected chi connectivity index (χ1v) is 6.92. The van der Waals surface area contributed by atoms with Crippen LogP contribution in [-0.4, -0.2) is 34.0 Å². The lowest BCUT2D eigenvalue weighted by Crippen LogP contribution is -2.21. The zero-order valence-corrected chi connectivity index (χ0v) is 11.7. The molecule has 6 nitrogen and oxygen atoms in total.